The van der Waals surface area contributed by atoms with Gasteiger partial charge in [0.1, 0.15) is 5.82 Å². The lowest BCUT2D eigenvalue weighted by atomic mass is 10.2. The van der Waals surface area contributed by atoms with Crippen molar-refractivity contribution in [3.8, 4) is 0 Å². The van der Waals surface area contributed by atoms with E-state index in [9.17, 15) is 9.59 Å². The Balaban J connectivity index is 2.42. The van der Waals surface area contributed by atoms with Gasteiger partial charge in [-0.2, -0.15) is 0 Å². The van der Waals surface area contributed by atoms with Crippen LogP contribution in [0.4, 0.5) is 5.82 Å². The number of nitrogens with zero attached hydrogens (tertiary/aromatic N) is 1. The standard InChI is InChI=1S/C12H18N4O2/c1-8(2)6-15-10(17)7-16-12(18)9-4-3-5-14-11(9)13/h3-5,8H,6-7H2,1-2H3,(H2,13,14)(H,15,17)(H,16,18). The molecule has 0 spiro atoms. The maximum absolute atomic E-state index is 11.7. The molecule has 0 aromatic carbocycles. The minimum Gasteiger partial charge on any atom is -0.383 e. The first-order valence-electron chi connectivity index (χ1n) is 5.76. The Bertz CT molecular complexity index is 432. The number of nitrogens with one attached hydrogen (secondary N) is 2. The van der Waals surface area contributed by atoms with Crippen LogP contribution < -0.4 is 16.4 Å². The molecule has 0 aliphatic carbocycles. The van der Waals surface area contributed by atoms with Gasteiger partial charge >= 0.3 is 0 Å². The third-order valence-electron chi connectivity index (χ3n) is 2.20. The Kier molecular flexibility index (Phi) is 5.10. The zero-order chi connectivity index (χ0) is 13.5. The highest BCUT2D eigenvalue weighted by Crippen LogP contribution is 2.05. The van der Waals surface area contributed by atoms with Crippen LogP contribution >= 0.6 is 0 Å². The van der Waals surface area contributed by atoms with Crippen molar-refractivity contribution in [1.29, 1.82) is 0 Å². The molecule has 0 saturated heterocycles. The van der Waals surface area contributed by atoms with E-state index in [0.717, 1.165) is 0 Å². The van der Waals surface area contributed by atoms with Crippen LogP contribution in [0.15, 0.2) is 18.3 Å². The Morgan fingerprint density at radius 1 is 1.39 bits per heavy atom. The topological polar surface area (TPSA) is 97.1 Å². The summed E-state index contributed by atoms with van der Waals surface area (Å²) in [6.07, 6.45) is 1.50. The highest BCUT2D eigenvalue weighted by Gasteiger charge is 2.11. The quantitative estimate of drug-likeness (QED) is 0.693. The summed E-state index contributed by atoms with van der Waals surface area (Å²) in [4.78, 5) is 26.9. The van der Waals surface area contributed by atoms with Crippen LogP contribution in [0.25, 0.3) is 0 Å². The molecule has 0 saturated carbocycles. The van der Waals surface area contributed by atoms with E-state index in [1.807, 2.05) is 13.8 Å². The number of pyridine rings is 1. The Labute approximate surface area is 106 Å². The molecule has 0 aliphatic rings. The fourth-order valence-corrected chi connectivity index (χ4v) is 1.25. The zero-order valence-electron chi connectivity index (χ0n) is 10.6. The van der Waals surface area contributed by atoms with Gasteiger partial charge in [-0.1, -0.05) is 13.8 Å². The lowest BCUT2D eigenvalue weighted by Crippen LogP contribution is -2.38. The fraction of sp³-hybridized carbons (Fsp3) is 0.417. The van der Waals surface area contributed by atoms with Crippen LogP contribution in [-0.4, -0.2) is 29.9 Å². The summed E-state index contributed by atoms with van der Waals surface area (Å²) in [5, 5.41) is 5.20. The van der Waals surface area contributed by atoms with Gasteiger partial charge in [-0.3, -0.25) is 9.59 Å². The van der Waals surface area contributed by atoms with E-state index in [2.05, 4.69) is 15.6 Å². The van der Waals surface area contributed by atoms with Gasteiger partial charge in [0.05, 0.1) is 12.1 Å². The fourth-order valence-electron chi connectivity index (χ4n) is 1.25. The van der Waals surface area contributed by atoms with E-state index >= 15 is 0 Å². The molecule has 0 bridgehead atoms. The van der Waals surface area contributed by atoms with Crippen molar-refractivity contribution in [1.82, 2.24) is 15.6 Å². The normalized spacial score (nSPS) is 10.2. The van der Waals surface area contributed by atoms with Crippen molar-refractivity contribution < 1.29 is 9.59 Å². The number of amides is 2. The summed E-state index contributed by atoms with van der Waals surface area (Å²) in [7, 11) is 0. The number of carbonyl (C=O) groups excluding carboxylic acids is 2. The van der Waals surface area contributed by atoms with Gasteiger partial charge in [0.15, 0.2) is 0 Å². The van der Waals surface area contributed by atoms with Crippen molar-refractivity contribution in [2.24, 2.45) is 5.92 Å². The Morgan fingerprint density at radius 2 is 2.11 bits per heavy atom. The number of rotatable bonds is 5. The largest absolute Gasteiger partial charge is 0.383 e. The van der Waals surface area contributed by atoms with Gasteiger partial charge in [0.2, 0.25) is 5.91 Å². The second kappa shape index (κ2) is 6.58. The first kappa shape index (κ1) is 14.0. The number of carbonyl (C=O) groups is 2. The van der Waals surface area contributed by atoms with E-state index in [4.69, 9.17) is 5.73 Å². The van der Waals surface area contributed by atoms with Crippen LogP contribution in [-0.2, 0) is 4.79 Å². The minimum absolute atomic E-state index is 0.0696. The van der Waals surface area contributed by atoms with Crippen molar-refractivity contribution in [2.75, 3.05) is 18.8 Å². The summed E-state index contributed by atoms with van der Waals surface area (Å²) in [5.74, 6) is -0.101. The third kappa shape index (κ3) is 4.40. The molecular formula is C12H18N4O2. The monoisotopic (exact) mass is 250 g/mol. The first-order valence-corrected chi connectivity index (χ1v) is 5.76. The number of anilines is 1. The van der Waals surface area contributed by atoms with Crippen LogP contribution in [0.2, 0.25) is 0 Å². The molecule has 2 amide bonds. The molecule has 0 atom stereocenters. The van der Waals surface area contributed by atoms with Crippen molar-refractivity contribution in [3.63, 3.8) is 0 Å². The molecule has 0 unspecified atom stereocenters. The van der Waals surface area contributed by atoms with Crippen LogP contribution in [0.1, 0.15) is 24.2 Å². The van der Waals surface area contributed by atoms with E-state index in [-0.39, 0.29) is 23.8 Å². The highest BCUT2D eigenvalue weighted by atomic mass is 16.2. The minimum atomic E-state index is -0.403. The van der Waals surface area contributed by atoms with Gasteiger partial charge in [0.25, 0.3) is 5.91 Å². The predicted molar refractivity (Wildman–Crippen MR) is 68.8 cm³/mol. The third-order valence-corrected chi connectivity index (χ3v) is 2.20. The molecule has 6 nitrogen and oxygen atoms in total. The van der Waals surface area contributed by atoms with E-state index in [0.29, 0.717) is 12.5 Å². The summed E-state index contributed by atoms with van der Waals surface area (Å²) < 4.78 is 0. The first-order chi connectivity index (χ1) is 8.50. The van der Waals surface area contributed by atoms with Crippen LogP contribution in [0.5, 0.6) is 0 Å². The zero-order valence-corrected chi connectivity index (χ0v) is 10.6. The van der Waals surface area contributed by atoms with Gasteiger partial charge in [0, 0.05) is 12.7 Å². The van der Waals surface area contributed by atoms with E-state index in [1.165, 1.54) is 6.20 Å². The van der Waals surface area contributed by atoms with E-state index in [1.54, 1.807) is 12.1 Å². The molecule has 1 heterocycles. The van der Waals surface area contributed by atoms with Crippen molar-refractivity contribution >= 4 is 17.6 Å². The molecule has 0 aliphatic heterocycles. The Hall–Kier alpha value is -2.11. The summed E-state index contributed by atoms with van der Waals surface area (Å²) in [6, 6.07) is 3.17. The Morgan fingerprint density at radius 3 is 2.72 bits per heavy atom. The lowest BCUT2D eigenvalue weighted by molar-refractivity contribution is -0.120. The highest BCUT2D eigenvalue weighted by molar-refractivity contribution is 5.99. The van der Waals surface area contributed by atoms with Crippen LogP contribution in [0, 0.1) is 5.92 Å². The smallest absolute Gasteiger partial charge is 0.255 e. The van der Waals surface area contributed by atoms with Gasteiger partial charge in [-0.05, 0) is 18.1 Å². The molecule has 98 valence electrons. The molecule has 18 heavy (non-hydrogen) atoms. The molecule has 1 aromatic rings. The molecule has 6 heteroatoms. The van der Waals surface area contributed by atoms with E-state index < -0.39 is 5.91 Å². The number of hydrogen-bond donors (Lipinski definition) is 3. The number of hydrogen-bond acceptors (Lipinski definition) is 4. The number of nitrogen functional groups attached to an aromatic ring is 1. The van der Waals surface area contributed by atoms with Gasteiger partial charge < -0.3 is 16.4 Å². The van der Waals surface area contributed by atoms with Gasteiger partial charge in [-0.15, -0.1) is 0 Å². The average molecular weight is 250 g/mol. The lowest BCUT2D eigenvalue weighted by Gasteiger charge is -2.09. The van der Waals surface area contributed by atoms with Gasteiger partial charge in [-0.25, -0.2) is 4.98 Å². The predicted octanol–water partition coefficient (Wildman–Crippen LogP) is 0.166. The average Bonchev–Trinajstić information content (AvgIpc) is 2.34. The summed E-state index contributed by atoms with van der Waals surface area (Å²) in [5.41, 5.74) is 5.83. The number of nitrogens with two attached hydrogens (primary N) is 1. The van der Waals surface area contributed by atoms with Crippen molar-refractivity contribution in [3.05, 3.63) is 23.9 Å². The van der Waals surface area contributed by atoms with Crippen LogP contribution in [0.3, 0.4) is 0 Å². The molecule has 1 aromatic heterocycles. The maximum Gasteiger partial charge on any atom is 0.255 e. The number of aromatic nitrogens is 1. The second-order valence-electron chi connectivity index (χ2n) is 4.32. The van der Waals surface area contributed by atoms with Crippen molar-refractivity contribution in [2.45, 2.75) is 13.8 Å². The SMILES string of the molecule is CC(C)CNC(=O)CNC(=O)c1cccnc1N. The molecule has 4 N–H and O–H groups in total. The summed E-state index contributed by atoms with van der Waals surface area (Å²) >= 11 is 0. The maximum atomic E-state index is 11.7. The summed E-state index contributed by atoms with van der Waals surface area (Å²) in [6.45, 7) is 4.51. The molecule has 0 radical (unpaired) electrons. The second-order valence-corrected chi connectivity index (χ2v) is 4.32. The molecule has 0 fully saturated rings. The molecule has 1 rings (SSSR count). The molecular weight excluding hydrogens is 232 g/mol.